The summed E-state index contributed by atoms with van der Waals surface area (Å²) in [7, 11) is 0. The number of nitrogens with zero attached hydrogens (tertiary/aromatic N) is 3. The summed E-state index contributed by atoms with van der Waals surface area (Å²) in [6.45, 7) is 8.94. The van der Waals surface area contributed by atoms with Crippen molar-refractivity contribution in [2.75, 3.05) is 13.1 Å². The van der Waals surface area contributed by atoms with Gasteiger partial charge in [-0.1, -0.05) is 24.3 Å². The molecule has 2 heterocycles. The number of hydrogen-bond donors (Lipinski definition) is 0. The van der Waals surface area contributed by atoms with E-state index in [9.17, 15) is 18.8 Å². The molecular formula is C33H34FN3O4. The Bertz CT molecular complexity index is 1670. The standard InChI is InChI=1S/C33H34FN3O4/c1-21-8-5-6-10-26(21)30-35-28-16-13-24(29(38)23-11-14-25(34)15-12-23)18-27(28)31(39)37(30)20-22-9-7-17-36(19-22)32(40)41-33(2,3)4/h5-6,8,10-16,18,22H,7,9,17,19-20H2,1-4H3/t22-/m0/s1. The molecule has 0 N–H and O–H groups in total. The highest BCUT2D eigenvalue weighted by molar-refractivity contribution is 6.10. The van der Waals surface area contributed by atoms with Crippen LogP contribution in [-0.4, -0.2) is 45.0 Å². The van der Waals surface area contributed by atoms with Gasteiger partial charge >= 0.3 is 6.09 Å². The van der Waals surface area contributed by atoms with Gasteiger partial charge in [-0.05, 0) is 94.5 Å². The third-order valence-corrected chi connectivity index (χ3v) is 7.32. The number of rotatable bonds is 5. The third kappa shape index (κ3) is 6.21. The average molecular weight is 556 g/mol. The number of aromatic nitrogens is 2. The van der Waals surface area contributed by atoms with Crippen molar-refractivity contribution in [1.82, 2.24) is 14.5 Å². The summed E-state index contributed by atoms with van der Waals surface area (Å²) in [5, 5.41) is 0.329. The summed E-state index contributed by atoms with van der Waals surface area (Å²) in [4.78, 5) is 46.7. The van der Waals surface area contributed by atoms with Crippen molar-refractivity contribution >= 4 is 22.8 Å². The van der Waals surface area contributed by atoms with Crippen molar-refractivity contribution in [1.29, 1.82) is 0 Å². The molecule has 1 saturated heterocycles. The molecule has 1 amide bonds. The Balaban J connectivity index is 1.55. The van der Waals surface area contributed by atoms with E-state index in [1.54, 1.807) is 27.7 Å². The van der Waals surface area contributed by atoms with Crippen molar-refractivity contribution in [3.8, 4) is 11.4 Å². The van der Waals surface area contributed by atoms with Gasteiger partial charge in [0.25, 0.3) is 5.56 Å². The molecule has 8 heteroatoms. The molecule has 1 atom stereocenters. The van der Waals surface area contributed by atoms with Gasteiger partial charge in [-0.25, -0.2) is 14.2 Å². The minimum absolute atomic E-state index is 0.0139. The molecule has 212 valence electrons. The largest absolute Gasteiger partial charge is 0.444 e. The highest BCUT2D eigenvalue weighted by atomic mass is 19.1. The minimum atomic E-state index is -0.593. The predicted molar refractivity (Wildman–Crippen MR) is 157 cm³/mol. The van der Waals surface area contributed by atoms with Crippen LogP contribution in [0.5, 0.6) is 0 Å². The van der Waals surface area contributed by atoms with Crippen LogP contribution in [0.15, 0.2) is 71.5 Å². The maximum atomic E-state index is 14.1. The Morgan fingerprint density at radius 1 is 1.02 bits per heavy atom. The molecule has 41 heavy (non-hydrogen) atoms. The summed E-state index contributed by atoms with van der Waals surface area (Å²) in [6.07, 6.45) is 1.30. The normalized spacial score (nSPS) is 15.6. The predicted octanol–water partition coefficient (Wildman–Crippen LogP) is 6.39. The van der Waals surface area contributed by atoms with E-state index < -0.39 is 11.4 Å². The summed E-state index contributed by atoms with van der Waals surface area (Å²) < 4.78 is 20.7. The maximum absolute atomic E-state index is 14.1. The molecule has 1 aliphatic rings. The first-order chi connectivity index (χ1) is 19.5. The van der Waals surface area contributed by atoms with Crippen molar-refractivity contribution in [2.45, 2.75) is 52.7 Å². The Hall–Kier alpha value is -4.33. The van der Waals surface area contributed by atoms with E-state index in [2.05, 4.69) is 0 Å². The second-order valence-electron chi connectivity index (χ2n) is 11.7. The summed E-state index contributed by atoms with van der Waals surface area (Å²) in [5.74, 6) is -0.169. The van der Waals surface area contributed by atoms with Gasteiger partial charge in [0, 0.05) is 36.3 Å². The van der Waals surface area contributed by atoms with Gasteiger partial charge in [-0.15, -0.1) is 0 Å². The first kappa shape index (κ1) is 28.2. The molecule has 1 fully saturated rings. The summed E-state index contributed by atoms with van der Waals surface area (Å²) in [6, 6.07) is 18.0. The smallest absolute Gasteiger partial charge is 0.410 e. The van der Waals surface area contributed by atoms with Crippen LogP contribution in [0.4, 0.5) is 9.18 Å². The molecule has 0 unspecified atom stereocenters. The second-order valence-corrected chi connectivity index (χ2v) is 11.7. The van der Waals surface area contributed by atoms with Gasteiger partial charge in [0.05, 0.1) is 10.9 Å². The lowest BCUT2D eigenvalue weighted by molar-refractivity contribution is 0.0157. The lowest BCUT2D eigenvalue weighted by Crippen LogP contribution is -2.44. The van der Waals surface area contributed by atoms with Crippen molar-refractivity contribution < 1.29 is 18.7 Å². The van der Waals surface area contributed by atoms with E-state index in [1.165, 1.54) is 24.3 Å². The number of amides is 1. The van der Waals surface area contributed by atoms with Crippen LogP contribution in [-0.2, 0) is 11.3 Å². The fourth-order valence-electron chi connectivity index (χ4n) is 5.29. The van der Waals surface area contributed by atoms with E-state index in [0.29, 0.717) is 47.5 Å². The van der Waals surface area contributed by atoms with Gasteiger partial charge < -0.3 is 9.64 Å². The zero-order chi connectivity index (χ0) is 29.3. The average Bonchev–Trinajstić information content (AvgIpc) is 2.94. The zero-order valence-corrected chi connectivity index (χ0v) is 23.8. The number of halogens is 1. The Kier molecular flexibility index (Phi) is 7.76. The fraction of sp³-hybridized carbons (Fsp3) is 0.333. The van der Waals surface area contributed by atoms with Gasteiger partial charge in [0.1, 0.15) is 17.2 Å². The van der Waals surface area contributed by atoms with E-state index in [0.717, 1.165) is 24.0 Å². The molecule has 0 saturated carbocycles. The van der Waals surface area contributed by atoms with Crippen LogP contribution in [0.2, 0.25) is 0 Å². The van der Waals surface area contributed by atoms with Gasteiger partial charge in [-0.2, -0.15) is 0 Å². The molecule has 5 rings (SSSR count). The molecule has 4 aromatic rings. The Morgan fingerprint density at radius 3 is 2.44 bits per heavy atom. The minimum Gasteiger partial charge on any atom is -0.444 e. The number of hydrogen-bond acceptors (Lipinski definition) is 5. The number of fused-ring (bicyclic) bond motifs is 1. The third-order valence-electron chi connectivity index (χ3n) is 7.32. The lowest BCUT2D eigenvalue weighted by Gasteiger charge is -2.34. The number of benzene rings is 3. The van der Waals surface area contributed by atoms with Crippen LogP contribution in [0, 0.1) is 18.7 Å². The highest BCUT2D eigenvalue weighted by Gasteiger charge is 2.29. The van der Waals surface area contributed by atoms with Crippen molar-refractivity contribution in [3.05, 3.63) is 99.6 Å². The molecule has 1 aliphatic heterocycles. The number of carbonyl (C=O) groups excluding carboxylic acids is 2. The number of ether oxygens (including phenoxy) is 1. The van der Waals surface area contributed by atoms with Crippen molar-refractivity contribution in [2.24, 2.45) is 5.92 Å². The fourth-order valence-corrected chi connectivity index (χ4v) is 5.29. The molecule has 0 aliphatic carbocycles. The lowest BCUT2D eigenvalue weighted by atomic mass is 9.97. The van der Waals surface area contributed by atoms with E-state index in [1.807, 2.05) is 52.0 Å². The second kappa shape index (κ2) is 11.3. The van der Waals surface area contributed by atoms with Crippen LogP contribution in [0.3, 0.4) is 0 Å². The van der Waals surface area contributed by atoms with Crippen LogP contribution < -0.4 is 5.56 Å². The highest BCUT2D eigenvalue weighted by Crippen LogP contribution is 2.27. The number of piperidine rings is 1. The van der Waals surface area contributed by atoms with Gasteiger partial charge in [-0.3, -0.25) is 14.2 Å². The summed E-state index contributed by atoms with van der Waals surface area (Å²) in [5.41, 5.74) is 2.12. The molecule has 7 nitrogen and oxygen atoms in total. The van der Waals surface area contributed by atoms with Crippen LogP contribution in [0.1, 0.15) is 55.1 Å². The summed E-state index contributed by atoms with van der Waals surface area (Å²) >= 11 is 0. The Labute approximate surface area is 238 Å². The van der Waals surface area contributed by atoms with Crippen LogP contribution in [0.25, 0.3) is 22.3 Å². The molecule has 3 aromatic carbocycles. The number of likely N-dealkylation sites (tertiary alicyclic amines) is 1. The molecule has 0 radical (unpaired) electrons. The molecule has 0 bridgehead atoms. The van der Waals surface area contributed by atoms with Gasteiger partial charge in [0.15, 0.2) is 5.78 Å². The SMILES string of the molecule is Cc1ccccc1-c1nc2ccc(C(=O)c3ccc(F)cc3)cc2c(=O)n1C[C@H]1CCCN(C(=O)OC(C)(C)C)C1. The van der Waals surface area contributed by atoms with E-state index >= 15 is 0 Å². The first-order valence-corrected chi connectivity index (χ1v) is 13.9. The zero-order valence-electron chi connectivity index (χ0n) is 23.8. The number of ketones is 1. The van der Waals surface area contributed by atoms with E-state index in [4.69, 9.17) is 9.72 Å². The molecule has 1 aromatic heterocycles. The number of aryl methyl sites for hydroxylation is 1. The topological polar surface area (TPSA) is 81.5 Å². The first-order valence-electron chi connectivity index (χ1n) is 13.9. The molecular weight excluding hydrogens is 521 g/mol. The van der Waals surface area contributed by atoms with E-state index in [-0.39, 0.29) is 23.4 Å². The van der Waals surface area contributed by atoms with Crippen LogP contribution >= 0.6 is 0 Å². The van der Waals surface area contributed by atoms with Crippen molar-refractivity contribution in [3.63, 3.8) is 0 Å². The quantitative estimate of drug-likeness (QED) is 0.267. The number of carbonyl (C=O) groups is 2. The molecule has 0 spiro atoms. The Morgan fingerprint density at radius 2 is 1.73 bits per heavy atom. The monoisotopic (exact) mass is 555 g/mol. The van der Waals surface area contributed by atoms with Gasteiger partial charge in [0.2, 0.25) is 0 Å². The maximum Gasteiger partial charge on any atom is 0.410 e.